The Bertz CT molecular complexity index is 456. The number of nitrogens with zero attached hydrogens (tertiary/aromatic N) is 1. The van der Waals surface area contributed by atoms with Gasteiger partial charge in [0, 0.05) is 17.0 Å². The normalized spacial score (nSPS) is 14.5. The summed E-state index contributed by atoms with van der Waals surface area (Å²) in [5.74, 6) is 0.502. The fourth-order valence-corrected chi connectivity index (χ4v) is 2.54. The van der Waals surface area contributed by atoms with Gasteiger partial charge in [0.25, 0.3) is 0 Å². The summed E-state index contributed by atoms with van der Waals surface area (Å²) in [6.45, 7) is 4.12. The van der Waals surface area contributed by atoms with Gasteiger partial charge < -0.3 is 4.90 Å². The smallest absolute Gasteiger partial charge is 0.237 e. The largest absolute Gasteiger partial charge is 0.307 e. The van der Waals surface area contributed by atoms with Gasteiger partial charge in [0.15, 0.2) is 0 Å². The highest BCUT2D eigenvalue weighted by Crippen LogP contribution is 2.35. The summed E-state index contributed by atoms with van der Waals surface area (Å²) >= 11 is 1.50. The zero-order valence-electron chi connectivity index (χ0n) is 8.68. The molecule has 0 saturated heterocycles. The van der Waals surface area contributed by atoms with E-state index in [1.165, 1.54) is 11.8 Å². The number of rotatable bonds is 3. The van der Waals surface area contributed by atoms with Crippen molar-refractivity contribution in [3.63, 3.8) is 0 Å². The highest BCUT2D eigenvalue weighted by molar-refractivity contribution is 8.00. The fraction of sp³-hybridized carbons (Fsp3) is 0.167. The van der Waals surface area contributed by atoms with Gasteiger partial charge in [0.2, 0.25) is 5.91 Å². The number of benzene rings is 1. The van der Waals surface area contributed by atoms with Crippen LogP contribution in [-0.4, -0.2) is 24.5 Å². The van der Waals surface area contributed by atoms with E-state index >= 15 is 0 Å². The lowest BCUT2D eigenvalue weighted by atomic mass is 10.2. The number of anilines is 1. The second-order valence-corrected chi connectivity index (χ2v) is 4.44. The van der Waals surface area contributed by atoms with Crippen LogP contribution in [0.3, 0.4) is 0 Å². The van der Waals surface area contributed by atoms with Gasteiger partial charge in [0.1, 0.15) is 6.29 Å². The molecule has 16 heavy (non-hydrogen) atoms. The fourth-order valence-electron chi connectivity index (χ4n) is 1.62. The number of fused-ring (bicyclic) bond motifs is 1. The molecule has 0 saturated carbocycles. The number of carbonyl (C=O) groups excluding carboxylic acids is 2. The molecule has 0 fully saturated rings. The van der Waals surface area contributed by atoms with Crippen molar-refractivity contribution in [3.8, 4) is 0 Å². The van der Waals surface area contributed by atoms with Crippen molar-refractivity contribution in [1.82, 2.24) is 0 Å². The Morgan fingerprint density at radius 3 is 3.00 bits per heavy atom. The molecule has 82 valence electrons. The average Bonchev–Trinajstić information content (AvgIpc) is 2.32. The standard InChI is InChI=1S/C12H11NO2S/c1-2-5-13-10-6-9(7-14)3-4-11(10)16-8-12(13)15/h2-4,6-7H,1,5,8H2. The van der Waals surface area contributed by atoms with Gasteiger partial charge in [-0.1, -0.05) is 12.1 Å². The van der Waals surface area contributed by atoms with Gasteiger partial charge in [-0.05, 0) is 12.1 Å². The Kier molecular flexibility index (Phi) is 3.10. The molecule has 0 unspecified atom stereocenters. The summed E-state index contributed by atoms with van der Waals surface area (Å²) in [6.07, 6.45) is 2.47. The van der Waals surface area contributed by atoms with E-state index in [1.54, 1.807) is 23.1 Å². The van der Waals surface area contributed by atoms with Crippen LogP contribution in [0.5, 0.6) is 0 Å². The predicted molar refractivity (Wildman–Crippen MR) is 65.1 cm³/mol. The van der Waals surface area contributed by atoms with E-state index in [1.807, 2.05) is 6.07 Å². The molecule has 1 aliphatic heterocycles. The maximum Gasteiger partial charge on any atom is 0.237 e. The number of carbonyl (C=O) groups is 2. The lowest BCUT2D eigenvalue weighted by Gasteiger charge is -2.28. The van der Waals surface area contributed by atoms with E-state index in [0.717, 1.165) is 16.9 Å². The molecule has 0 radical (unpaired) electrons. The SMILES string of the molecule is C=CCN1C(=O)CSc2ccc(C=O)cc21. The molecule has 1 aliphatic rings. The molecule has 3 nitrogen and oxygen atoms in total. The van der Waals surface area contributed by atoms with E-state index < -0.39 is 0 Å². The first-order valence-electron chi connectivity index (χ1n) is 4.89. The average molecular weight is 233 g/mol. The summed E-state index contributed by atoms with van der Waals surface area (Å²) in [4.78, 5) is 25.1. The number of thioether (sulfide) groups is 1. The highest BCUT2D eigenvalue weighted by atomic mass is 32.2. The monoisotopic (exact) mass is 233 g/mol. The lowest BCUT2D eigenvalue weighted by molar-refractivity contribution is -0.116. The molecule has 0 bridgehead atoms. The van der Waals surface area contributed by atoms with E-state index in [2.05, 4.69) is 6.58 Å². The molecule has 4 heteroatoms. The minimum absolute atomic E-state index is 0.0560. The summed E-state index contributed by atoms with van der Waals surface area (Å²) in [6, 6.07) is 5.39. The number of hydrogen-bond donors (Lipinski definition) is 0. The van der Waals surface area contributed by atoms with Crippen LogP contribution in [0.25, 0.3) is 0 Å². The first kappa shape index (κ1) is 11.0. The third-order valence-electron chi connectivity index (χ3n) is 2.37. The van der Waals surface area contributed by atoms with Crippen LogP contribution in [0, 0.1) is 0 Å². The second kappa shape index (κ2) is 4.53. The van der Waals surface area contributed by atoms with E-state index in [9.17, 15) is 9.59 Å². The molecule has 0 N–H and O–H groups in total. The molecule has 0 atom stereocenters. The minimum atomic E-state index is 0.0560. The third kappa shape index (κ3) is 1.88. The Hall–Kier alpha value is -1.55. The Morgan fingerprint density at radius 1 is 1.50 bits per heavy atom. The van der Waals surface area contributed by atoms with E-state index in [-0.39, 0.29) is 5.91 Å². The number of hydrogen-bond acceptors (Lipinski definition) is 3. The second-order valence-electron chi connectivity index (χ2n) is 3.43. The lowest BCUT2D eigenvalue weighted by Crippen LogP contribution is -2.35. The summed E-state index contributed by atoms with van der Waals surface area (Å²) in [5, 5.41) is 0. The predicted octanol–water partition coefficient (Wildman–Crippen LogP) is 2.12. The Balaban J connectivity index is 2.47. The van der Waals surface area contributed by atoms with E-state index in [0.29, 0.717) is 17.9 Å². The van der Waals surface area contributed by atoms with Crippen molar-refractivity contribution in [2.45, 2.75) is 4.90 Å². The minimum Gasteiger partial charge on any atom is -0.307 e. The molecular formula is C12H11NO2S. The van der Waals surface area contributed by atoms with E-state index in [4.69, 9.17) is 0 Å². The van der Waals surface area contributed by atoms with Crippen molar-refractivity contribution >= 4 is 29.6 Å². The molecular weight excluding hydrogens is 222 g/mol. The number of amides is 1. The van der Waals surface area contributed by atoms with Gasteiger partial charge >= 0.3 is 0 Å². The Labute approximate surface area is 98.1 Å². The van der Waals surface area contributed by atoms with Crippen molar-refractivity contribution in [2.24, 2.45) is 0 Å². The quantitative estimate of drug-likeness (QED) is 0.593. The van der Waals surface area contributed by atoms with Crippen LogP contribution in [0.2, 0.25) is 0 Å². The number of aldehydes is 1. The van der Waals surface area contributed by atoms with Crippen LogP contribution in [0.15, 0.2) is 35.7 Å². The van der Waals surface area contributed by atoms with Crippen LogP contribution < -0.4 is 4.90 Å². The molecule has 0 aliphatic carbocycles. The highest BCUT2D eigenvalue weighted by Gasteiger charge is 2.23. The van der Waals surface area contributed by atoms with Crippen LogP contribution in [-0.2, 0) is 4.79 Å². The van der Waals surface area contributed by atoms with Crippen LogP contribution in [0.4, 0.5) is 5.69 Å². The van der Waals surface area contributed by atoms with Crippen LogP contribution >= 0.6 is 11.8 Å². The van der Waals surface area contributed by atoms with Gasteiger partial charge in [0.05, 0.1) is 11.4 Å². The molecule has 1 heterocycles. The van der Waals surface area contributed by atoms with Crippen molar-refractivity contribution in [1.29, 1.82) is 0 Å². The Morgan fingerprint density at radius 2 is 2.31 bits per heavy atom. The third-order valence-corrected chi connectivity index (χ3v) is 3.42. The summed E-state index contributed by atoms with van der Waals surface area (Å²) < 4.78 is 0. The molecule has 1 amide bonds. The molecule has 0 spiro atoms. The van der Waals surface area contributed by atoms with Crippen LogP contribution in [0.1, 0.15) is 10.4 Å². The summed E-state index contributed by atoms with van der Waals surface area (Å²) in [5.41, 5.74) is 1.40. The maximum atomic E-state index is 11.7. The first-order chi connectivity index (χ1) is 7.76. The topological polar surface area (TPSA) is 37.4 Å². The molecule has 2 rings (SSSR count). The van der Waals surface area contributed by atoms with Crippen molar-refractivity contribution < 1.29 is 9.59 Å². The zero-order chi connectivity index (χ0) is 11.5. The molecule has 1 aromatic carbocycles. The zero-order valence-corrected chi connectivity index (χ0v) is 9.50. The molecule has 0 aromatic heterocycles. The van der Waals surface area contributed by atoms with Gasteiger partial charge in [-0.2, -0.15) is 0 Å². The summed E-state index contributed by atoms with van der Waals surface area (Å²) in [7, 11) is 0. The van der Waals surface area contributed by atoms with Gasteiger partial charge in [-0.15, -0.1) is 18.3 Å². The van der Waals surface area contributed by atoms with Gasteiger partial charge in [-0.3, -0.25) is 9.59 Å². The van der Waals surface area contributed by atoms with Gasteiger partial charge in [-0.25, -0.2) is 0 Å². The van der Waals surface area contributed by atoms with Crippen molar-refractivity contribution in [3.05, 3.63) is 36.4 Å². The van der Waals surface area contributed by atoms with Crippen molar-refractivity contribution in [2.75, 3.05) is 17.2 Å². The first-order valence-corrected chi connectivity index (χ1v) is 5.88. The molecule has 1 aromatic rings. The maximum absolute atomic E-state index is 11.7.